The fraction of sp³-hybridized carbons (Fsp3) is 0.875. The van der Waals surface area contributed by atoms with Crippen LogP contribution in [0.15, 0.2) is 0 Å². The Balaban J connectivity index is 2.70. The van der Waals surface area contributed by atoms with Crippen LogP contribution in [0.5, 0.6) is 0 Å². The van der Waals surface area contributed by atoms with Gasteiger partial charge in [0.25, 0.3) is 0 Å². The molecule has 21 heavy (non-hydrogen) atoms. The largest absolute Gasteiger partial charge is 0.469 e. The number of nitrogens with zero attached hydrogens (tertiary/aromatic N) is 1. The van der Waals surface area contributed by atoms with Crippen LogP contribution in [-0.4, -0.2) is 49.1 Å². The topological polar surface area (TPSA) is 58.6 Å². The fourth-order valence-corrected chi connectivity index (χ4v) is 2.64. The molecule has 0 aliphatic carbocycles. The first-order valence-corrected chi connectivity index (χ1v) is 7.75. The molecule has 1 rings (SSSR count). The zero-order chi connectivity index (χ0) is 16.2. The molecule has 0 aromatic rings. The molecule has 0 aromatic heterocycles. The van der Waals surface area contributed by atoms with Crippen molar-refractivity contribution in [3.8, 4) is 0 Å². The predicted octanol–water partition coefficient (Wildman–Crippen LogP) is 1.81. The summed E-state index contributed by atoms with van der Waals surface area (Å²) in [4.78, 5) is 26.0. The van der Waals surface area contributed by atoms with Gasteiger partial charge in [-0.1, -0.05) is 20.8 Å². The molecule has 1 aliphatic rings. The molecule has 5 heteroatoms. The molecule has 2 unspecified atom stereocenters. The summed E-state index contributed by atoms with van der Waals surface area (Å²) >= 11 is 0. The van der Waals surface area contributed by atoms with Crippen LogP contribution >= 0.6 is 0 Å². The van der Waals surface area contributed by atoms with E-state index in [1.54, 1.807) is 0 Å². The van der Waals surface area contributed by atoms with E-state index in [0.29, 0.717) is 12.5 Å². The summed E-state index contributed by atoms with van der Waals surface area (Å²) in [5, 5.41) is 3.13. The highest BCUT2D eigenvalue weighted by Crippen LogP contribution is 2.23. The van der Waals surface area contributed by atoms with Crippen molar-refractivity contribution in [3.63, 3.8) is 0 Å². The molecule has 1 N–H and O–H groups in total. The smallest absolute Gasteiger partial charge is 0.305 e. The molecule has 2 atom stereocenters. The van der Waals surface area contributed by atoms with E-state index in [1.807, 2.05) is 20.8 Å². The molecular formula is C16H30N2O3. The van der Waals surface area contributed by atoms with E-state index < -0.39 is 5.41 Å². The number of hydrogen-bond donors (Lipinski definition) is 1. The van der Waals surface area contributed by atoms with Crippen molar-refractivity contribution in [2.75, 3.05) is 20.2 Å². The van der Waals surface area contributed by atoms with Crippen LogP contribution in [0, 0.1) is 11.3 Å². The van der Waals surface area contributed by atoms with Crippen molar-refractivity contribution in [1.29, 1.82) is 0 Å². The molecular weight excluding hydrogens is 268 g/mol. The average molecular weight is 298 g/mol. The quantitative estimate of drug-likeness (QED) is 0.804. The third-order valence-electron chi connectivity index (χ3n) is 4.00. The Bertz CT molecular complexity index is 374. The van der Waals surface area contributed by atoms with E-state index in [9.17, 15) is 9.59 Å². The number of nitrogens with one attached hydrogen (secondary N) is 1. The Kier molecular flexibility index (Phi) is 6.20. The molecule has 122 valence electrons. The number of esters is 1. The number of carbonyl (C=O) groups is 2. The summed E-state index contributed by atoms with van der Waals surface area (Å²) in [6.07, 6.45) is 1.25. The Morgan fingerprint density at radius 1 is 1.29 bits per heavy atom. The van der Waals surface area contributed by atoms with Crippen LogP contribution in [0.4, 0.5) is 0 Å². The lowest BCUT2D eigenvalue weighted by molar-refractivity contribution is -0.142. The number of methoxy groups -OCH3 is 1. The molecule has 1 heterocycles. The van der Waals surface area contributed by atoms with Gasteiger partial charge in [-0.15, -0.1) is 0 Å². The summed E-state index contributed by atoms with van der Waals surface area (Å²) in [5.41, 5.74) is -0.391. The number of amides is 1. The van der Waals surface area contributed by atoms with Crippen molar-refractivity contribution in [3.05, 3.63) is 0 Å². The van der Waals surface area contributed by atoms with Crippen molar-refractivity contribution in [2.45, 2.75) is 59.5 Å². The van der Waals surface area contributed by atoms with E-state index >= 15 is 0 Å². The van der Waals surface area contributed by atoms with Gasteiger partial charge < -0.3 is 10.1 Å². The van der Waals surface area contributed by atoms with Gasteiger partial charge in [0.1, 0.15) is 0 Å². The van der Waals surface area contributed by atoms with E-state index in [4.69, 9.17) is 4.74 Å². The van der Waals surface area contributed by atoms with Crippen LogP contribution in [-0.2, 0) is 14.3 Å². The lowest BCUT2D eigenvalue weighted by Gasteiger charge is -2.40. The highest BCUT2D eigenvalue weighted by molar-refractivity contribution is 5.81. The summed E-state index contributed by atoms with van der Waals surface area (Å²) in [6, 6.07) is 0.502. The molecule has 5 nitrogen and oxygen atoms in total. The Morgan fingerprint density at radius 3 is 2.38 bits per heavy atom. The first-order valence-electron chi connectivity index (χ1n) is 7.75. The monoisotopic (exact) mass is 298 g/mol. The maximum absolute atomic E-state index is 12.2. The second kappa shape index (κ2) is 7.25. The van der Waals surface area contributed by atoms with Gasteiger partial charge >= 0.3 is 5.97 Å². The highest BCUT2D eigenvalue weighted by Gasteiger charge is 2.32. The minimum atomic E-state index is -0.391. The van der Waals surface area contributed by atoms with Crippen LogP contribution < -0.4 is 5.32 Å². The maximum atomic E-state index is 12.2. The molecule has 1 saturated heterocycles. The first-order chi connectivity index (χ1) is 9.63. The average Bonchev–Trinajstić information content (AvgIpc) is 2.37. The zero-order valence-electron chi connectivity index (χ0n) is 14.2. The number of piperidine rings is 1. The fourth-order valence-electron chi connectivity index (χ4n) is 2.64. The Labute approximate surface area is 128 Å². The molecule has 0 radical (unpaired) electrons. The van der Waals surface area contributed by atoms with E-state index in [2.05, 4.69) is 24.1 Å². The second-order valence-corrected chi connectivity index (χ2v) is 7.35. The van der Waals surface area contributed by atoms with Crippen LogP contribution in [0.3, 0.4) is 0 Å². The molecule has 0 aromatic carbocycles. The standard InChI is InChI=1S/C16H30N2O3/c1-11(2)18-9-12(8-14(19)21-6)7-13(10-18)17-15(20)16(3,4)5/h11-13H,7-10H2,1-6H3,(H,17,20). The van der Waals surface area contributed by atoms with Crippen LogP contribution in [0.25, 0.3) is 0 Å². The van der Waals surface area contributed by atoms with Gasteiger partial charge in [-0.25, -0.2) is 0 Å². The summed E-state index contributed by atoms with van der Waals surface area (Å²) in [7, 11) is 1.42. The highest BCUT2D eigenvalue weighted by atomic mass is 16.5. The lowest BCUT2D eigenvalue weighted by atomic mass is 9.89. The third kappa shape index (κ3) is 5.65. The number of carbonyl (C=O) groups excluding carboxylic acids is 2. The van der Waals surface area contributed by atoms with Crippen LogP contribution in [0.1, 0.15) is 47.5 Å². The third-order valence-corrected chi connectivity index (χ3v) is 4.00. The van der Waals surface area contributed by atoms with Crippen molar-refractivity contribution in [1.82, 2.24) is 10.2 Å². The second-order valence-electron chi connectivity index (χ2n) is 7.35. The van der Waals surface area contributed by atoms with Gasteiger partial charge in [-0.05, 0) is 26.2 Å². The molecule has 0 saturated carbocycles. The lowest BCUT2D eigenvalue weighted by Crippen LogP contribution is -2.54. The molecule has 1 aliphatic heterocycles. The molecule has 1 fully saturated rings. The molecule has 1 amide bonds. The Morgan fingerprint density at radius 2 is 1.90 bits per heavy atom. The van der Waals surface area contributed by atoms with Crippen molar-refractivity contribution < 1.29 is 14.3 Å². The summed E-state index contributed by atoms with van der Waals surface area (Å²) < 4.78 is 4.77. The maximum Gasteiger partial charge on any atom is 0.305 e. The van der Waals surface area contributed by atoms with E-state index in [1.165, 1.54) is 7.11 Å². The van der Waals surface area contributed by atoms with Gasteiger partial charge in [-0.2, -0.15) is 0 Å². The van der Waals surface area contributed by atoms with Gasteiger partial charge in [0.2, 0.25) is 5.91 Å². The van der Waals surface area contributed by atoms with Gasteiger partial charge in [-0.3, -0.25) is 14.5 Å². The SMILES string of the molecule is COC(=O)CC1CC(NC(=O)C(C)(C)C)CN(C(C)C)C1. The minimum Gasteiger partial charge on any atom is -0.469 e. The summed E-state index contributed by atoms with van der Waals surface area (Å²) in [5.74, 6) is 0.125. The van der Waals surface area contributed by atoms with Crippen molar-refractivity contribution >= 4 is 11.9 Å². The van der Waals surface area contributed by atoms with E-state index in [0.717, 1.165) is 19.5 Å². The van der Waals surface area contributed by atoms with Gasteiger partial charge in [0.15, 0.2) is 0 Å². The van der Waals surface area contributed by atoms with Crippen molar-refractivity contribution in [2.24, 2.45) is 11.3 Å². The number of rotatable bonds is 4. The normalized spacial score (nSPS) is 24.0. The van der Waals surface area contributed by atoms with Gasteiger partial charge in [0.05, 0.1) is 7.11 Å². The first kappa shape index (κ1) is 18.0. The Hall–Kier alpha value is -1.10. The zero-order valence-corrected chi connectivity index (χ0v) is 14.2. The minimum absolute atomic E-state index is 0.0647. The molecule has 0 bridgehead atoms. The predicted molar refractivity (Wildman–Crippen MR) is 82.8 cm³/mol. The number of ether oxygens (including phenoxy) is 1. The van der Waals surface area contributed by atoms with E-state index in [-0.39, 0.29) is 23.8 Å². The summed E-state index contributed by atoms with van der Waals surface area (Å²) in [6.45, 7) is 11.8. The van der Waals surface area contributed by atoms with Gasteiger partial charge in [0, 0.05) is 37.0 Å². The van der Waals surface area contributed by atoms with Crippen LogP contribution in [0.2, 0.25) is 0 Å². The number of likely N-dealkylation sites (tertiary alicyclic amines) is 1. The molecule has 0 spiro atoms. The number of hydrogen-bond acceptors (Lipinski definition) is 4.